The molecule has 2 nitrogen and oxygen atoms in total. The molecule has 88 valence electrons. The molecular weight excluding hydrogens is 256 g/mol. The summed E-state index contributed by atoms with van der Waals surface area (Å²) in [6.07, 6.45) is 4.60. The Labute approximate surface area is 101 Å². The Morgan fingerprint density at radius 1 is 1.53 bits per heavy atom. The normalized spacial score (nSPS) is 23.3. The summed E-state index contributed by atoms with van der Waals surface area (Å²) < 4.78 is 11.5. The molecule has 1 aliphatic rings. The van der Waals surface area contributed by atoms with Gasteiger partial charge in [-0.05, 0) is 25.7 Å². The van der Waals surface area contributed by atoms with Gasteiger partial charge in [0.25, 0.3) is 0 Å². The highest BCUT2D eigenvalue weighted by molar-refractivity contribution is 9.09. The summed E-state index contributed by atoms with van der Waals surface area (Å²) in [6, 6.07) is 0. The van der Waals surface area contributed by atoms with Gasteiger partial charge in [-0.2, -0.15) is 0 Å². The molecule has 0 fully saturated rings. The monoisotopic (exact) mass is 276 g/mol. The number of rotatable bonds is 6. The highest BCUT2D eigenvalue weighted by Crippen LogP contribution is 2.22. The van der Waals surface area contributed by atoms with Crippen LogP contribution in [0, 0.1) is 5.92 Å². The fraction of sp³-hybridized carbons (Fsp3) is 0.833. The minimum Gasteiger partial charge on any atom is -0.351 e. The molecule has 1 rings (SSSR count). The van der Waals surface area contributed by atoms with E-state index in [1.54, 1.807) is 0 Å². The average molecular weight is 277 g/mol. The van der Waals surface area contributed by atoms with Gasteiger partial charge < -0.3 is 9.47 Å². The second-order valence-electron chi connectivity index (χ2n) is 4.54. The van der Waals surface area contributed by atoms with Crippen molar-refractivity contribution in [1.29, 1.82) is 0 Å². The molecule has 0 saturated heterocycles. The lowest BCUT2D eigenvalue weighted by molar-refractivity contribution is -0.149. The lowest BCUT2D eigenvalue weighted by atomic mass is 10.2. The summed E-state index contributed by atoms with van der Waals surface area (Å²) in [7, 11) is 0. The first-order chi connectivity index (χ1) is 7.11. The van der Waals surface area contributed by atoms with E-state index in [2.05, 4.69) is 42.8 Å². The van der Waals surface area contributed by atoms with Crippen LogP contribution in [-0.2, 0) is 9.47 Å². The van der Waals surface area contributed by atoms with Gasteiger partial charge in [0.15, 0.2) is 6.29 Å². The van der Waals surface area contributed by atoms with Crippen LogP contribution in [0.2, 0.25) is 0 Å². The maximum atomic E-state index is 5.84. The van der Waals surface area contributed by atoms with E-state index in [9.17, 15) is 0 Å². The third-order valence-corrected chi connectivity index (χ3v) is 2.89. The quantitative estimate of drug-likeness (QED) is 0.420. The predicted molar refractivity (Wildman–Crippen MR) is 66.2 cm³/mol. The molecule has 0 bridgehead atoms. The minimum atomic E-state index is -0.112. The highest BCUT2D eigenvalue weighted by atomic mass is 79.9. The fourth-order valence-corrected chi connectivity index (χ4v) is 1.92. The standard InChI is InChI=1S/C12H21BrO2/c1-9(2)8-14-12(7-13)15-11-5-4-10(3)6-11/h6,9,11-12H,4-5,7-8H2,1-3H3. The predicted octanol–water partition coefficient (Wildman–Crippen LogP) is 3.51. The molecule has 0 aromatic rings. The van der Waals surface area contributed by atoms with Gasteiger partial charge in [-0.15, -0.1) is 0 Å². The number of alkyl halides is 1. The molecule has 15 heavy (non-hydrogen) atoms. The molecule has 0 heterocycles. The summed E-state index contributed by atoms with van der Waals surface area (Å²) in [6.45, 7) is 7.20. The minimum absolute atomic E-state index is 0.112. The van der Waals surface area contributed by atoms with E-state index in [1.807, 2.05) is 0 Å². The lowest BCUT2D eigenvalue weighted by Gasteiger charge is -2.20. The first-order valence-corrected chi connectivity index (χ1v) is 6.74. The first kappa shape index (κ1) is 13.2. The number of ether oxygens (including phenoxy) is 2. The van der Waals surface area contributed by atoms with Gasteiger partial charge in [0.05, 0.1) is 18.0 Å². The van der Waals surface area contributed by atoms with Crippen LogP contribution in [0.25, 0.3) is 0 Å². The van der Waals surface area contributed by atoms with Gasteiger partial charge in [0, 0.05) is 0 Å². The molecule has 0 radical (unpaired) electrons. The molecule has 0 aliphatic heterocycles. The summed E-state index contributed by atoms with van der Waals surface area (Å²) >= 11 is 3.42. The van der Waals surface area contributed by atoms with Gasteiger partial charge in [-0.25, -0.2) is 0 Å². The van der Waals surface area contributed by atoms with Gasteiger partial charge in [0.1, 0.15) is 0 Å². The Morgan fingerprint density at radius 3 is 2.73 bits per heavy atom. The van der Waals surface area contributed by atoms with Crippen LogP contribution in [0.3, 0.4) is 0 Å². The molecular formula is C12H21BrO2. The average Bonchev–Trinajstić information content (AvgIpc) is 2.58. The maximum Gasteiger partial charge on any atom is 0.167 e. The summed E-state index contributed by atoms with van der Waals surface area (Å²) in [4.78, 5) is 0. The summed E-state index contributed by atoms with van der Waals surface area (Å²) in [5, 5.41) is 0.739. The number of halogens is 1. The highest BCUT2D eigenvalue weighted by Gasteiger charge is 2.18. The van der Waals surface area contributed by atoms with E-state index < -0.39 is 0 Å². The smallest absolute Gasteiger partial charge is 0.167 e. The molecule has 0 amide bonds. The Morgan fingerprint density at radius 2 is 2.27 bits per heavy atom. The third-order valence-electron chi connectivity index (χ3n) is 2.36. The Kier molecular flexibility index (Phi) is 5.87. The van der Waals surface area contributed by atoms with Crippen molar-refractivity contribution >= 4 is 15.9 Å². The number of allylic oxidation sites excluding steroid dienone is 1. The summed E-state index contributed by atoms with van der Waals surface area (Å²) in [5.41, 5.74) is 1.43. The van der Waals surface area contributed by atoms with Crippen molar-refractivity contribution in [3.63, 3.8) is 0 Å². The van der Waals surface area contributed by atoms with Gasteiger partial charge in [-0.1, -0.05) is 41.4 Å². The molecule has 2 unspecified atom stereocenters. The first-order valence-electron chi connectivity index (χ1n) is 5.62. The molecule has 2 atom stereocenters. The molecule has 0 aromatic heterocycles. The van der Waals surface area contributed by atoms with Crippen LogP contribution in [0.15, 0.2) is 11.6 Å². The summed E-state index contributed by atoms with van der Waals surface area (Å²) in [5.74, 6) is 0.552. The van der Waals surface area contributed by atoms with Gasteiger partial charge in [0.2, 0.25) is 0 Å². The Balaban J connectivity index is 2.27. The number of hydrogen-bond donors (Lipinski definition) is 0. The molecule has 0 saturated carbocycles. The zero-order valence-corrected chi connectivity index (χ0v) is 11.4. The molecule has 1 aliphatic carbocycles. The second kappa shape index (κ2) is 6.66. The lowest BCUT2D eigenvalue weighted by Crippen LogP contribution is -2.25. The van der Waals surface area contributed by atoms with E-state index in [1.165, 1.54) is 5.57 Å². The second-order valence-corrected chi connectivity index (χ2v) is 5.18. The van der Waals surface area contributed by atoms with Crippen molar-refractivity contribution in [2.45, 2.75) is 46.0 Å². The van der Waals surface area contributed by atoms with Crippen LogP contribution < -0.4 is 0 Å². The maximum absolute atomic E-state index is 5.84. The van der Waals surface area contributed by atoms with Crippen LogP contribution in [-0.4, -0.2) is 24.3 Å². The van der Waals surface area contributed by atoms with E-state index in [-0.39, 0.29) is 12.4 Å². The van der Waals surface area contributed by atoms with E-state index in [0.29, 0.717) is 5.92 Å². The van der Waals surface area contributed by atoms with E-state index in [4.69, 9.17) is 9.47 Å². The topological polar surface area (TPSA) is 18.5 Å². The molecule has 0 N–H and O–H groups in total. The SMILES string of the molecule is CC1=CC(OC(CBr)OCC(C)C)CC1. The molecule has 3 heteroatoms. The number of hydrogen-bond acceptors (Lipinski definition) is 2. The van der Waals surface area contributed by atoms with E-state index >= 15 is 0 Å². The van der Waals surface area contributed by atoms with Crippen LogP contribution in [0.1, 0.15) is 33.6 Å². The van der Waals surface area contributed by atoms with Crippen LogP contribution in [0.4, 0.5) is 0 Å². The van der Waals surface area contributed by atoms with Crippen molar-refractivity contribution in [3.05, 3.63) is 11.6 Å². The Hall–Kier alpha value is 0.140. The third kappa shape index (κ3) is 5.14. The van der Waals surface area contributed by atoms with Crippen molar-refractivity contribution in [2.75, 3.05) is 11.9 Å². The van der Waals surface area contributed by atoms with Crippen molar-refractivity contribution in [2.24, 2.45) is 5.92 Å². The van der Waals surface area contributed by atoms with E-state index in [0.717, 1.165) is 24.8 Å². The Bertz CT molecular complexity index is 214. The zero-order chi connectivity index (χ0) is 11.3. The van der Waals surface area contributed by atoms with Crippen LogP contribution in [0.5, 0.6) is 0 Å². The van der Waals surface area contributed by atoms with Crippen LogP contribution >= 0.6 is 15.9 Å². The van der Waals surface area contributed by atoms with Gasteiger partial charge in [-0.3, -0.25) is 0 Å². The van der Waals surface area contributed by atoms with Gasteiger partial charge >= 0.3 is 0 Å². The van der Waals surface area contributed by atoms with Crippen molar-refractivity contribution in [3.8, 4) is 0 Å². The molecule has 0 spiro atoms. The fourth-order valence-electron chi connectivity index (χ4n) is 1.58. The van der Waals surface area contributed by atoms with Crippen molar-refractivity contribution in [1.82, 2.24) is 0 Å². The molecule has 0 aromatic carbocycles. The largest absolute Gasteiger partial charge is 0.351 e. The van der Waals surface area contributed by atoms with Crippen molar-refractivity contribution < 1.29 is 9.47 Å². The zero-order valence-electron chi connectivity index (χ0n) is 9.83.